The third kappa shape index (κ3) is 6.61. The summed E-state index contributed by atoms with van der Waals surface area (Å²) in [6.45, 7) is 6.25. The lowest BCUT2D eigenvalue weighted by Crippen LogP contribution is -2.50. The average Bonchev–Trinajstić information content (AvgIpc) is 2.62. The summed E-state index contributed by atoms with van der Waals surface area (Å²) >= 11 is 0. The third-order valence-corrected chi connectivity index (χ3v) is 5.52. The van der Waals surface area contributed by atoms with Crippen LogP contribution in [0, 0.1) is 5.92 Å². The van der Waals surface area contributed by atoms with Crippen LogP contribution in [-0.2, 0) is 17.8 Å². The highest BCUT2D eigenvalue weighted by Gasteiger charge is 2.28. The summed E-state index contributed by atoms with van der Waals surface area (Å²) < 4.78 is 0. The van der Waals surface area contributed by atoms with Gasteiger partial charge in [0.1, 0.15) is 0 Å². The largest absolute Gasteiger partial charge is 0.392 e. The summed E-state index contributed by atoms with van der Waals surface area (Å²) in [5.74, 6) is 0.774. The minimum atomic E-state index is -0.263. The lowest BCUT2D eigenvalue weighted by Gasteiger charge is -2.35. The first-order valence-corrected chi connectivity index (χ1v) is 9.48. The quantitative estimate of drug-likeness (QED) is 0.769. The van der Waals surface area contributed by atoms with E-state index >= 15 is 0 Å². The lowest BCUT2D eigenvalue weighted by molar-refractivity contribution is -0.133. The van der Waals surface area contributed by atoms with Crippen LogP contribution in [0.15, 0.2) is 24.3 Å². The number of hydrogen-bond acceptors (Lipinski definition) is 4. The highest BCUT2D eigenvalue weighted by Crippen LogP contribution is 2.20. The maximum Gasteiger partial charge on any atom is 0.239 e. The van der Waals surface area contributed by atoms with Crippen molar-refractivity contribution >= 4 is 30.7 Å². The molecule has 2 N–H and O–H groups in total. The molecule has 5 nitrogen and oxygen atoms in total. The summed E-state index contributed by atoms with van der Waals surface area (Å²) in [6.07, 6.45) is 2.73. The monoisotopic (exact) mass is 417 g/mol. The molecule has 2 unspecified atom stereocenters. The number of fused-ring (bicyclic) bond motifs is 1. The second-order valence-corrected chi connectivity index (χ2v) is 7.72. The van der Waals surface area contributed by atoms with Crippen LogP contribution < -0.4 is 5.32 Å². The molecule has 2 atom stereocenters. The van der Waals surface area contributed by atoms with E-state index in [-0.39, 0.29) is 42.9 Å². The predicted octanol–water partition coefficient (Wildman–Crippen LogP) is 2.10. The summed E-state index contributed by atoms with van der Waals surface area (Å²) in [6, 6.07) is 8.27. The second-order valence-electron chi connectivity index (χ2n) is 7.72. The topological polar surface area (TPSA) is 55.8 Å². The number of carbonyl (C=O) groups is 1. The Bertz CT molecular complexity index is 592. The molecule has 0 aliphatic carbocycles. The summed E-state index contributed by atoms with van der Waals surface area (Å²) in [7, 11) is 1.94. The van der Waals surface area contributed by atoms with Gasteiger partial charge in [0.15, 0.2) is 0 Å². The zero-order chi connectivity index (χ0) is 17.8. The Labute approximate surface area is 175 Å². The minimum Gasteiger partial charge on any atom is -0.392 e. The Morgan fingerprint density at radius 1 is 1.26 bits per heavy atom. The normalized spacial score (nSPS) is 21.4. The van der Waals surface area contributed by atoms with Crippen molar-refractivity contribution in [1.82, 2.24) is 15.1 Å². The van der Waals surface area contributed by atoms with Crippen molar-refractivity contribution in [2.45, 2.75) is 44.9 Å². The fraction of sp³-hybridized carbons (Fsp3) is 0.650. The van der Waals surface area contributed by atoms with Gasteiger partial charge in [0, 0.05) is 26.7 Å². The number of amides is 1. The fourth-order valence-electron chi connectivity index (χ4n) is 4.10. The molecule has 0 spiro atoms. The molecule has 1 aromatic carbocycles. The van der Waals surface area contributed by atoms with Crippen molar-refractivity contribution in [2.75, 3.05) is 33.2 Å². The van der Waals surface area contributed by atoms with Gasteiger partial charge in [-0.05, 0) is 56.3 Å². The number of aliphatic hydroxyl groups is 1. The molecule has 1 saturated heterocycles. The van der Waals surface area contributed by atoms with E-state index in [1.54, 1.807) is 0 Å². The van der Waals surface area contributed by atoms with E-state index in [1.165, 1.54) is 11.1 Å². The van der Waals surface area contributed by atoms with Crippen LogP contribution >= 0.6 is 24.8 Å². The number of halogens is 2. The lowest BCUT2D eigenvalue weighted by atomic mass is 9.93. The third-order valence-electron chi connectivity index (χ3n) is 5.52. The van der Waals surface area contributed by atoms with Gasteiger partial charge in [-0.25, -0.2) is 0 Å². The predicted molar refractivity (Wildman–Crippen MR) is 114 cm³/mol. The molecular formula is C20H33Cl2N3O2. The number of β-amino-alcohol motifs (C(OH)–C–C–N with tert-alkyl or cyclic N) is 1. The van der Waals surface area contributed by atoms with Crippen LogP contribution in [0.4, 0.5) is 0 Å². The summed E-state index contributed by atoms with van der Waals surface area (Å²) in [5, 5.41) is 12.9. The zero-order valence-corrected chi connectivity index (χ0v) is 17.9. The van der Waals surface area contributed by atoms with Gasteiger partial charge in [0.25, 0.3) is 0 Å². The maximum absolute atomic E-state index is 12.8. The molecule has 0 saturated carbocycles. The minimum absolute atomic E-state index is 0. The van der Waals surface area contributed by atoms with E-state index in [9.17, 15) is 9.90 Å². The van der Waals surface area contributed by atoms with Crippen molar-refractivity contribution in [2.24, 2.45) is 5.92 Å². The molecule has 2 aliphatic rings. The highest BCUT2D eigenvalue weighted by molar-refractivity contribution is 5.85. The highest BCUT2D eigenvalue weighted by atomic mass is 35.5. The van der Waals surface area contributed by atoms with E-state index in [0.717, 1.165) is 52.0 Å². The second kappa shape index (κ2) is 11.2. The molecule has 0 radical (unpaired) electrons. The Hall–Kier alpha value is -0.850. The maximum atomic E-state index is 12.8. The number of rotatable bonds is 5. The molecule has 3 rings (SSSR count). The van der Waals surface area contributed by atoms with Gasteiger partial charge in [-0.15, -0.1) is 24.8 Å². The van der Waals surface area contributed by atoms with E-state index < -0.39 is 0 Å². The number of aliphatic hydroxyl groups excluding tert-OH is 1. The average molecular weight is 418 g/mol. The van der Waals surface area contributed by atoms with Crippen molar-refractivity contribution in [3.8, 4) is 0 Å². The Morgan fingerprint density at radius 3 is 2.52 bits per heavy atom. The van der Waals surface area contributed by atoms with Crippen molar-refractivity contribution < 1.29 is 9.90 Å². The number of piperidine rings is 1. The summed E-state index contributed by atoms with van der Waals surface area (Å²) in [5.41, 5.74) is 2.60. The van der Waals surface area contributed by atoms with Crippen LogP contribution in [0.1, 0.15) is 30.9 Å². The summed E-state index contributed by atoms with van der Waals surface area (Å²) in [4.78, 5) is 17.1. The van der Waals surface area contributed by atoms with Gasteiger partial charge in [0.2, 0.25) is 5.91 Å². The number of nitrogens with one attached hydrogen (secondary N) is 1. The van der Waals surface area contributed by atoms with Crippen LogP contribution in [0.3, 0.4) is 0 Å². The van der Waals surface area contributed by atoms with E-state index in [2.05, 4.69) is 34.5 Å². The molecule has 2 heterocycles. The Balaban J connectivity index is 0.00000182. The molecule has 0 aromatic heterocycles. The molecule has 1 fully saturated rings. The Kier molecular flexibility index (Phi) is 10.1. The molecule has 27 heavy (non-hydrogen) atoms. The van der Waals surface area contributed by atoms with Crippen molar-refractivity contribution in [1.29, 1.82) is 0 Å². The van der Waals surface area contributed by atoms with E-state index in [4.69, 9.17) is 0 Å². The number of hydrogen-bond donors (Lipinski definition) is 2. The molecular weight excluding hydrogens is 385 g/mol. The number of nitrogens with zero attached hydrogens (tertiary/aromatic N) is 2. The van der Waals surface area contributed by atoms with Gasteiger partial charge in [-0.1, -0.05) is 24.3 Å². The van der Waals surface area contributed by atoms with E-state index in [1.807, 2.05) is 18.9 Å². The molecule has 154 valence electrons. The van der Waals surface area contributed by atoms with Gasteiger partial charge in [-0.2, -0.15) is 0 Å². The van der Waals surface area contributed by atoms with Crippen LogP contribution in [0.2, 0.25) is 0 Å². The van der Waals surface area contributed by atoms with Crippen LogP contribution in [-0.4, -0.2) is 66.2 Å². The molecule has 1 aromatic rings. The van der Waals surface area contributed by atoms with Crippen LogP contribution in [0.25, 0.3) is 0 Å². The number of benzene rings is 1. The molecule has 1 amide bonds. The van der Waals surface area contributed by atoms with Gasteiger partial charge in [0.05, 0.1) is 12.1 Å². The molecule has 0 bridgehead atoms. The smallest absolute Gasteiger partial charge is 0.239 e. The standard InChI is InChI=1S/C20H31N3O2.2ClH/c1-15(24)13-23-9-7-16(8-10-23)14-22(2)20(25)19-11-17-5-3-4-6-18(17)12-21-19;;/h3-6,15-16,19,21,24H,7-14H2,1-2H3;2*1H. The fourth-order valence-corrected chi connectivity index (χ4v) is 4.10. The Morgan fingerprint density at radius 2 is 1.89 bits per heavy atom. The van der Waals surface area contributed by atoms with Crippen molar-refractivity contribution in [3.63, 3.8) is 0 Å². The SMILES string of the molecule is CC(O)CN1CCC(CN(C)C(=O)C2Cc3ccccc3CN2)CC1.Cl.Cl. The number of likely N-dealkylation sites (tertiary alicyclic amines) is 1. The zero-order valence-electron chi connectivity index (χ0n) is 16.3. The van der Waals surface area contributed by atoms with Gasteiger partial charge >= 0.3 is 0 Å². The number of likely N-dealkylation sites (N-methyl/N-ethyl adjacent to an activating group) is 1. The number of carbonyl (C=O) groups excluding carboxylic acids is 1. The van der Waals surface area contributed by atoms with E-state index in [0.29, 0.717) is 5.92 Å². The van der Waals surface area contributed by atoms with Gasteiger partial charge in [-0.3, -0.25) is 4.79 Å². The first-order valence-electron chi connectivity index (χ1n) is 9.48. The van der Waals surface area contributed by atoms with Gasteiger partial charge < -0.3 is 20.2 Å². The first kappa shape index (κ1) is 24.2. The van der Waals surface area contributed by atoms with Crippen LogP contribution in [0.5, 0.6) is 0 Å². The first-order chi connectivity index (χ1) is 12.0. The molecule has 2 aliphatic heterocycles. The van der Waals surface area contributed by atoms with Crippen molar-refractivity contribution in [3.05, 3.63) is 35.4 Å². The molecule has 7 heteroatoms.